The highest BCUT2D eigenvalue weighted by atomic mass is 32.2. The van der Waals surface area contributed by atoms with E-state index < -0.39 is 22.0 Å². The summed E-state index contributed by atoms with van der Waals surface area (Å²) in [5.41, 5.74) is 3.60. The molecule has 0 unspecified atom stereocenters. The molecule has 0 bridgehead atoms. The molecule has 0 amide bonds. The Morgan fingerprint density at radius 3 is 2.14 bits per heavy atom. The number of hydrogen-bond donors (Lipinski definition) is 1. The summed E-state index contributed by atoms with van der Waals surface area (Å²) in [6.07, 6.45) is 0. The molecular formula is C23H23NO4S. The van der Waals surface area contributed by atoms with Crippen molar-refractivity contribution in [2.75, 3.05) is 7.11 Å². The van der Waals surface area contributed by atoms with Gasteiger partial charge >= 0.3 is 5.97 Å². The van der Waals surface area contributed by atoms with Gasteiger partial charge in [-0.1, -0.05) is 66.2 Å². The van der Waals surface area contributed by atoms with Crippen LogP contribution < -0.4 is 4.72 Å². The second kappa shape index (κ2) is 8.59. The fraction of sp³-hybridized carbons (Fsp3) is 0.174. The number of benzene rings is 3. The van der Waals surface area contributed by atoms with Crippen molar-refractivity contribution < 1.29 is 17.9 Å². The van der Waals surface area contributed by atoms with E-state index >= 15 is 0 Å². The van der Waals surface area contributed by atoms with Gasteiger partial charge in [0.2, 0.25) is 10.0 Å². The lowest BCUT2D eigenvalue weighted by molar-refractivity contribution is 0.0599. The predicted molar refractivity (Wildman–Crippen MR) is 112 cm³/mol. The summed E-state index contributed by atoms with van der Waals surface area (Å²) in [6, 6.07) is 20.9. The zero-order chi connectivity index (χ0) is 21.0. The van der Waals surface area contributed by atoms with E-state index in [4.69, 9.17) is 4.74 Å². The standard InChI is InChI=1S/C23H23NO4S/c1-16-9-12-19(13-10-16)22(18-7-5-4-6-8-18)24-29(26,27)20-14-11-17(2)21(15-20)23(25)28-3/h4-15,22,24H,1-3H3/t22-/m1/s1. The van der Waals surface area contributed by atoms with Crippen LogP contribution in [0.2, 0.25) is 0 Å². The maximum Gasteiger partial charge on any atom is 0.338 e. The molecule has 1 N–H and O–H groups in total. The van der Waals surface area contributed by atoms with Gasteiger partial charge in [-0.05, 0) is 42.7 Å². The molecule has 29 heavy (non-hydrogen) atoms. The van der Waals surface area contributed by atoms with Crippen LogP contribution in [0.1, 0.15) is 38.7 Å². The summed E-state index contributed by atoms with van der Waals surface area (Å²) in [5, 5.41) is 0. The molecular weight excluding hydrogens is 386 g/mol. The predicted octanol–water partition coefficient (Wildman–Crippen LogP) is 4.16. The molecule has 0 aromatic heterocycles. The molecule has 3 aromatic carbocycles. The highest BCUT2D eigenvalue weighted by molar-refractivity contribution is 7.89. The smallest absolute Gasteiger partial charge is 0.338 e. The van der Waals surface area contributed by atoms with Crippen molar-refractivity contribution in [2.24, 2.45) is 0 Å². The molecule has 0 aliphatic carbocycles. The van der Waals surface area contributed by atoms with E-state index in [1.807, 2.05) is 61.5 Å². The van der Waals surface area contributed by atoms with E-state index in [1.165, 1.54) is 19.2 Å². The Hall–Kier alpha value is -2.96. The maximum absolute atomic E-state index is 13.2. The number of nitrogens with one attached hydrogen (secondary N) is 1. The van der Waals surface area contributed by atoms with Crippen LogP contribution in [0, 0.1) is 13.8 Å². The van der Waals surface area contributed by atoms with Gasteiger partial charge in [-0.3, -0.25) is 0 Å². The molecule has 150 valence electrons. The molecule has 0 fully saturated rings. The highest BCUT2D eigenvalue weighted by Gasteiger charge is 2.24. The molecule has 0 radical (unpaired) electrons. The molecule has 0 aliphatic rings. The number of rotatable bonds is 6. The first-order valence-corrected chi connectivity index (χ1v) is 10.6. The van der Waals surface area contributed by atoms with Crippen LogP contribution >= 0.6 is 0 Å². The highest BCUT2D eigenvalue weighted by Crippen LogP contribution is 2.26. The summed E-state index contributed by atoms with van der Waals surface area (Å²) < 4.78 is 33.9. The zero-order valence-corrected chi connectivity index (χ0v) is 17.4. The summed E-state index contributed by atoms with van der Waals surface area (Å²) in [7, 11) is -2.64. The van der Waals surface area contributed by atoms with E-state index in [2.05, 4.69) is 4.72 Å². The van der Waals surface area contributed by atoms with Crippen LogP contribution in [0.5, 0.6) is 0 Å². The quantitative estimate of drug-likeness (QED) is 0.621. The summed E-state index contributed by atoms with van der Waals surface area (Å²) >= 11 is 0. The first-order valence-electron chi connectivity index (χ1n) is 9.14. The van der Waals surface area contributed by atoms with Crippen LogP contribution in [0.4, 0.5) is 0 Å². The molecule has 0 saturated carbocycles. The van der Waals surface area contributed by atoms with Crippen LogP contribution in [0.3, 0.4) is 0 Å². The summed E-state index contributed by atoms with van der Waals surface area (Å²) in [4.78, 5) is 12.0. The van der Waals surface area contributed by atoms with E-state index in [0.717, 1.165) is 16.7 Å². The fourth-order valence-electron chi connectivity index (χ4n) is 3.05. The van der Waals surface area contributed by atoms with Crippen molar-refractivity contribution in [3.63, 3.8) is 0 Å². The van der Waals surface area contributed by atoms with Gasteiger partial charge in [-0.2, -0.15) is 4.72 Å². The first kappa shape index (κ1) is 20.8. The Kier molecular flexibility index (Phi) is 6.15. The summed E-state index contributed by atoms with van der Waals surface area (Å²) in [6.45, 7) is 3.71. The minimum absolute atomic E-state index is 0.0107. The lowest BCUT2D eigenvalue weighted by Gasteiger charge is -2.20. The fourth-order valence-corrected chi connectivity index (χ4v) is 4.29. The average molecular weight is 410 g/mol. The van der Waals surface area contributed by atoms with Gasteiger partial charge in [0.25, 0.3) is 0 Å². The minimum Gasteiger partial charge on any atom is -0.465 e. The monoisotopic (exact) mass is 409 g/mol. The zero-order valence-electron chi connectivity index (χ0n) is 16.5. The maximum atomic E-state index is 13.2. The van der Waals surface area contributed by atoms with Crippen molar-refractivity contribution in [1.29, 1.82) is 0 Å². The van der Waals surface area contributed by atoms with Crippen molar-refractivity contribution in [1.82, 2.24) is 4.72 Å². The molecule has 0 saturated heterocycles. The van der Waals surface area contributed by atoms with Crippen LogP contribution in [0.25, 0.3) is 0 Å². The molecule has 5 nitrogen and oxygen atoms in total. The van der Waals surface area contributed by atoms with Crippen molar-refractivity contribution >= 4 is 16.0 Å². The molecule has 1 atom stereocenters. The third-order valence-corrected chi connectivity index (χ3v) is 6.16. The van der Waals surface area contributed by atoms with Gasteiger partial charge in [-0.15, -0.1) is 0 Å². The van der Waals surface area contributed by atoms with Gasteiger partial charge in [0.05, 0.1) is 23.6 Å². The number of sulfonamides is 1. The normalized spacial score (nSPS) is 12.4. The number of esters is 1. The van der Waals surface area contributed by atoms with Gasteiger partial charge in [0.15, 0.2) is 0 Å². The van der Waals surface area contributed by atoms with Crippen LogP contribution in [0.15, 0.2) is 77.7 Å². The van der Waals surface area contributed by atoms with Gasteiger partial charge in [0, 0.05) is 0 Å². The Labute approximate surface area is 171 Å². The van der Waals surface area contributed by atoms with Gasteiger partial charge in [0.1, 0.15) is 0 Å². The van der Waals surface area contributed by atoms with Gasteiger partial charge in [-0.25, -0.2) is 13.2 Å². The molecule has 0 aliphatic heterocycles. The number of methoxy groups -OCH3 is 1. The van der Waals surface area contributed by atoms with E-state index in [9.17, 15) is 13.2 Å². The molecule has 3 rings (SSSR count). The topological polar surface area (TPSA) is 72.5 Å². The largest absolute Gasteiger partial charge is 0.465 e. The number of carbonyl (C=O) groups excluding carboxylic acids is 1. The Balaban J connectivity index is 2.03. The lowest BCUT2D eigenvalue weighted by Crippen LogP contribution is -2.29. The minimum atomic E-state index is -3.90. The van der Waals surface area contributed by atoms with E-state index in [-0.39, 0.29) is 10.5 Å². The van der Waals surface area contributed by atoms with Crippen molar-refractivity contribution in [2.45, 2.75) is 24.8 Å². The first-order chi connectivity index (χ1) is 13.8. The Morgan fingerprint density at radius 1 is 0.897 bits per heavy atom. The Bertz CT molecular complexity index is 1110. The second-order valence-corrected chi connectivity index (χ2v) is 8.56. The van der Waals surface area contributed by atoms with Crippen LogP contribution in [-0.2, 0) is 14.8 Å². The number of aryl methyl sites for hydroxylation is 2. The number of ether oxygens (including phenoxy) is 1. The third kappa shape index (κ3) is 4.72. The third-order valence-electron chi connectivity index (χ3n) is 4.74. The van der Waals surface area contributed by atoms with Crippen molar-refractivity contribution in [3.8, 4) is 0 Å². The van der Waals surface area contributed by atoms with E-state index in [0.29, 0.717) is 5.56 Å². The number of hydrogen-bond acceptors (Lipinski definition) is 4. The Morgan fingerprint density at radius 2 is 1.52 bits per heavy atom. The van der Waals surface area contributed by atoms with Crippen molar-refractivity contribution in [3.05, 3.63) is 101 Å². The van der Waals surface area contributed by atoms with E-state index in [1.54, 1.807) is 13.0 Å². The number of carbonyl (C=O) groups is 1. The van der Waals surface area contributed by atoms with Crippen LogP contribution in [-0.4, -0.2) is 21.5 Å². The van der Waals surface area contributed by atoms with Gasteiger partial charge < -0.3 is 4.74 Å². The summed E-state index contributed by atoms with van der Waals surface area (Å²) in [5.74, 6) is -0.572. The molecule has 6 heteroatoms. The molecule has 3 aromatic rings. The average Bonchev–Trinajstić information content (AvgIpc) is 2.73. The lowest BCUT2D eigenvalue weighted by atomic mass is 9.99. The SMILES string of the molecule is COC(=O)c1cc(S(=O)(=O)N[C@H](c2ccccc2)c2ccc(C)cc2)ccc1C. The molecule has 0 heterocycles. The second-order valence-electron chi connectivity index (χ2n) is 6.84. The molecule has 0 spiro atoms.